The summed E-state index contributed by atoms with van der Waals surface area (Å²) < 4.78 is 38.8. The molecule has 0 aliphatic heterocycles. The molecule has 0 aliphatic carbocycles. The SMILES string of the molecule is O=C(O)c1ccc(F)c(S(=O)(=O)Cc2cncc(Br)c2)c1. The molecule has 2 rings (SSSR count). The summed E-state index contributed by atoms with van der Waals surface area (Å²) in [4.78, 5) is 14.1. The molecule has 21 heavy (non-hydrogen) atoms. The maximum absolute atomic E-state index is 13.7. The van der Waals surface area contributed by atoms with Gasteiger partial charge in [-0.3, -0.25) is 4.98 Å². The van der Waals surface area contributed by atoms with Crippen LogP contribution >= 0.6 is 15.9 Å². The quantitative estimate of drug-likeness (QED) is 0.890. The van der Waals surface area contributed by atoms with E-state index in [1.807, 2.05) is 0 Å². The zero-order valence-corrected chi connectivity index (χ0v) is 12.9. The van der Waals surface area contributed by atoms with Gasteiger partial charge < -0.3 is 5.11 Å². The first-order chi connectivity index (χ1) is 9.79. The average molecular weight is 374 g/mol. The van der Waals surface area contributed by atoms with Gasteiger partial charge in [-0.05, 0) is 45.8 Å². The van der Waals surface area contributed by atoms with E-state index in [4.69, 9.17) is 5.11 Å². The maximum Gasteiger partial charge on any atom is 0.335 e. The van der Waals surface area contributed by atoms with E-state index in [1.54, 1.807) is 6.07 Å². The third kappa shape index (κ3) is 3.64. The monoisotopic (exact) mass is 373 g/mol. The number of nitrogens with zero attached hydrogens (tertiary/aromatic N) is 1. The normalized spacial score (nSPS) is 11.3. The molecule has 0 radical (unpaired) electrons. The summed E-state index contributed by atoms with van der Waals surface area (Å²) in [6.07, 6.45) is 2.84. The molecule has 1 heterocycles. The lowest BCUT2D eigenvalue weighted by molar-refractivity contribution is 0.0696. The van der Waals surface area contributed by atoms with E-state index < -0.39 is 32.3 Å². The van der Waals surface area contributed by atoms with E-state index in [0.717, 1.165) is 18.2 Å². The first-order valence-corrected chi connectivity index (χ1v) is 8.09. The second-order valence-corrected chi connectivity index (χ2v) is 7.09. The van der Waals surface area contributed by atoms with Crippen molar-refractivity contribution >= 4 is 31.7 Å². The van der Waals surface area contributed by atoms with E-state index in [2.05, 4.69) is 20.9 Å². The molecule has 0 unspecified atom stereocenters. The van der Waals surface area contributed by atoms with Gasteiger partial charge in [0.15, 0.2) is 9.84 Å². The number of aromatic carboxylic acids is 1. The van der Waals surface area contributed by atoms with Crippen molar-refractivity contribution in [2.24, 2.45) is 0 Å². The molecule has 0 fully saturated rings. The molecule has 8 heteroatoms. The molecule has 1 aromatic carbocycles. The van der Waals surface area contributed by atoms with Crippen LogP contribution in [0, 0.1) is 5.82 Å². The molecule has 110 valence electrons. The molecular weight excluding hydrogens is 365 g/mol. The van der Waals surface area contributed by atoms with Crippen LogP contribution in [0.25, 0.3) is 0 Å². The Morgan fingerprint density at radius 2 is 2.00 bits per heavy atom. The third-order valence-electron chi connectivity index (χ3n) is 2.63. The van der Waals surface area contributed by atoms with E-state index in [9.17, 15) is 17.6 Å². The highest BCUT2D eigenvalue weighted by molar-refractivity contribution is 9.10. The van der Waals surface area contributed by atoms with Crippen molar-refractivity contribution in [3.63, 3.8) is 0 Å². The van der Waals surface area contributed by atoms with Crippen molar-refractivity contribution in [2.75, 3.05) is 0 Å². The Morgan fingerprint density at radius 3 is 2.62 bits per heavy atom. The Morgan fingerprint density at radius 1 is 1.29 bits per heavy atom. The van der Waals surface area contributed by atoms with E-state index >= 15 is 0 Å². The van der Waals surface area contributed by atoms with Gasteiger partial charge in [-0.15, -0.1) is 0 Å². The van der Waals surface area contributed by atoms with Crippen LogP contribution in [0.1, 0.15) is 15.9 Å². The van der Waals surface area contributed by atoms with Gasteiger partial charge in [-0.25, -0.2) is 17.6 Å². The number of carboxylic acids is 1. The number of carbonyl (C=O) groups is 1. The Labute approximate surface area is 128 Å². The van der Waals surface area contributed by atoms with Gasteiger partial charge in [0, 0.05) is 16.9 Å². The van der Waals surface area contributed by atoms with Crippen molar-refractivity contribution in [3.8, 4) is 0 Å². The highest BCUT2D eigenvalue weighted by Crippen LogP contribution is 2.22. The topological polar surface area (TPSA) is 84.3 Å². The van der Waals surface area contributed by atoms with Gasteiger partial charge in [0.2, 0.25) is 0 Å². The molecule has 1 aromatic heterocycles. The molecule has 0 aliphatic rings. The number of aromatic nitrogens is 1. The van der Waals surface area contributed by atoms with Crippen LogP contribution in [0.4, 0.5) is 4.39 Å². The fourth-order valence-corrected chi connectivity index (χ4v) is 3.54. The Balaban J connectivity index is 2.44. The molecular formula is C13H9BrFNO4S. The number of hydrogen-bond acceptors (Lipinski definition) is 4. The molecule has 2 aromatic rings. The lowest BCUT2D eigenvalue weighted by Crippen LogP contribution is -2.09. The molecule has 0 amide bonds. The highest BCUT2D eigenvalue weighted by Gasteiger charge is 2.22. The van der Waals surface area contributed by atoms with Gasteiger partial charge in [-0.2, -0.15) is 0 Å². The van der Waals surface area contributed by atoms with Crippen molar-refractivity contribution in [3.05, 3.63) is 58.1 Å². The maximum atomic E-state index is 13.7. The lowest BCUT2D eigenvalue weighted by atomic mass is 10.2. The second kappa shape index (κ2) is 5.90. The second-order valence-electron chi connectivity index (χ2n) is 4.22. The van der Waals surface area contributed by atoms with E-state index in [1.165, 1.54) is 12.4 Å². The zero-order chi connectivity index (χ0) is 15.6. The first kappa shape index (κ1) is 15.6. The first-order valence-electron chi connectivity index (χ1n) is 5.64. The van der Waals surface area contributed by atoms with Crippen LogP contribution in [0.2, 0.25) is 0 Å². The summed E-state index contributed by atoms with van der Waals surface area (Å²) >= 11 is 3.16. The van der Waals surface area contributed by atoms with Crippen LogP contribution in [0.3, 0.4) is 0 Å². The van der Waals surface area contributed by atoms with Crippen molar-refractivity contribution in [2.45, 2.75) is 10.6 Å². The lowest BCUT2D eigenvalue weighted by Gasteiger charge is -2.07. The minimum Gasteiger partial charge on any atom is -0.478 e. The van der Waals surface area contributed by atoms with Gasteiger partial charge in [0.25, 0.3) is 0 Å². The molecule has 0 spiro atoms. The van der Waals surface area contributed by atoms with Gasteiger partial charge in [0.05, 0.1) is 11.3 Å². The average Bonchev–Trinajstić information content (AvgIpc) is 2.38. The summed E-state index contributed by atoms with van der Waals surface area (Å²) in [5.41, 5.74) is 0.0758. The molecule has 0 bridgehead atoms. The smallest absolute Gasteiger partial charge is 0.335 e. The number of pyridine rings is 1. The molecule has 0 saturated heterocycles. The Hall–Kier alpha value is -1.80. The predicted octanol–water partition coefficient (Wildman–Crippen LogP) is 2.66. The van der Waals surface area contributed by atoms with Crippen LogP contribution in [0.15, 0.2) is 46.0 Å². The van der Waals surface area contributed by atoms with E-state index in [0.29, 0.717) is 10.0 Å². The number of benzene rings is 1. The van der Waals surface area contributed by atoms with Crippen LogP contribution in [-0.2, 0) is 15.6 Å². The Kier molecular flexibility index (Phi) is 4.38. The standard InChI is InChI=1S/C13H9BrFNO4S/c14-10-3-8(5-16-6-10)7-21(19,20)12-4-9(13(17)18)1-2-11(12)15/h1-6H,7H2,(H,17,18). The van der Waals surface area contributed by atoms with E-state index in [-0.39, 0.29) is 5.56 Å². The predicted molar refractivity (Wildman–Crippen MR) is 76.2 cm³/mol. The largest absolute Gasteiger partial charge is 0.478 e. The number of carboxylic acid groups (broad SMARTS) is 1. The number of hydrogen-bond donors (Lipinski definition) is 1. The minimum atomic E-state index is -4.02. The summed E-state index contributed by atoms with van der Waals surface area (Å²) in [6, 6.07) is 4.20. The van der Waals surface area contributed by atoms with Gasteiger partial charge >= 0.3 is 5.97 Å². The number of halogens is 2. The van der Waals surface area contributed by atoms with Gasteiger partial charge in [0.1, 0.15) is 10.7 Å². The molecule has 0 saturated carbocycles. The summed E-state index contributed by atoms with van der Waals surface area (Å²) in [6.45, 7) is 0. The van der Waals surface area contributed by atoms with Crippen molar-refractivity contribution in [1.29, 1.82) is 0 Å². The van der Waals surface area contributed by atoms with Crippen LogP contribution in [0.5, 0.6) is 0 Å². The fourth-order valence-electron chi connectivity index (χ4n) is 1.71. The third-order valence-corrected chi connectivity index (χ3v) is 4.76. The highest BCUT2D eigenvalue weighted by atomic mass is 79.9. The molecule has 1 N–H and O–H groups in total. The summed E-state index contributed by atoms with van der Waals surface area (Å²) in [5.74, 6) is -2.78. The van der Waals surface area contributed by atoms with Crippen LogP contribution < -0.4 is 0 Å². The number of sulfone groups is 1. The van der Waals surface area contributed by atoms with Crippen molar-refractivity contribution < 1.29 is 22.7 Å². The molecule has 0 atom stereocenters. The Bertz CT molecular complexity index is 808. The van der Waals surface area contributed by atoms with Crippen molar-refractivity contribution in [1.82, 2.24) is 4.98 Å². The zero-order valence-electron chi connectivity index (χ0n) is 10.5. The number of rotatable bonds is 4. The summed E-state index contributed by atoms with van der Waals surface area (Å²) in [5, 5.41) is 8.86. The van der Waals surface area contributed by atoms with Gasteiger partial charge in [-0.1, -0.05) is 0 Å². The fraction of sp³-hybridized carbons (Fsp3) is 0.0769. The molecule has 5 nitrogen and oxygen atoms in total. The minimum absolute atomic E-state index is 0.289. The van der Waals surface area contributed by atoms with Crippen LogP contribution in [-0.4, -0.2) is 24.5 Å². The summed E-state index contributed by atoms with van der Waals surface area (Å²) in [7, 11) is -4.02.